The molecular formula is C27H18O9. The van der Waals surface area contributed by atoms with Crippen LogP contribution in [0.4, 0.5) is 0 Å². The smallest absolute Gasteiger partial charge is 0.312 e. The van der Waals surface area contributed by atoms with Gasteiger partial charge in [0, 0.05) is 28.7 Å². The Hall–Kier alpha value is -4.92. The molecule has 0 amide bonds. The summed E-state index contributed by atoms with van der Waals surface area (Å²) < 4.78 is 17.3. The lowest BCUT2D eigenvalue weighted by atomic mass is 9.83. The Bertz CT molecular complexity index is 1680. The predicted molar refractivity (Wildman–Crippen MR) is 127 cm³/mol. The van der Waals surface area contributed by atoms with E-state index < -0.39 is 40.3 Å². The third-order valence-corrected chi connectivity index (χ3v) is 6.40. The van der Waals surface area contributed by atoms with Crippen LogP contribution in [0.3, 0.4) is 0 Å². The highest BCUT2D eigenvalue weighted by Gasteiger charge is 2.36. The molecular weight excluding hydrogens is 468 g/mol. The number of benzene rings is 3. The highest BCUT2D eigenvalue weighted by Crippen LogP contribution is 2.48. The summed E-state index contributed by atoms with van der Waals surface area (Å²) in [6, 6.07) is 12.2. The standard InChI is InChI=1S/C27H18O9/c28-16-6-5-13(8-17(16)29)26-25(33)24(32)23-18(30)10-20-22(27(23)36-26)15(9-21(31)35-20)14-7-12-3-1-2-4-19(12)34-11-14/h1-8,10,15,28-30,33H,9,11H2. The molecule has 180 valence electrons. The zero-order chi connectivity index (χ0) is 25.1. The second-order valence-corrected chi connectivity index (χ2v) is 8.60. The Labute approximate surface area is 202 Å². The summed E-state index contributed by atoms with van der Waals surface area (Å²) in [5, 5.41) is 40.5. The molecule has 0 radical (unpaired) electrons. The second kappa shape index (κ2) is 7.81. The number of para-hydroxylation sites is 1. The van der Waals surface area contributed by atoms with Crippen LogP contribution in [0.25, 0.3) is 28.4 Å². The number of rotatable bonds is 2. The molecule has 3 heterocycles. The Morgan fingerprint density at radius 2 is 1.67 bits per heavy atom. The van der Waals surface area contributed by atoms with Crippen LogP contribution in [0.5, 0.6) is 34.5 Å². The van der Waals surface area contributed by atoms with Crippen molar-refractivity contribution in [1.29, 1.82) is 0 Å². The van der Waals surface area contributed by atoms with Gasteiger partial charge in [0.1, 0.15) is 34.8 Å². The number of fused-ring (bicyclic) bond motifs is 4. The molecule has 1 aromatic heterocycles. The molecule has 36 heavy (non-hydrogen) atoms. The van der Waals surface area contributed by atoms with Crippen LogP contribution in [-0.2, 0) is 4.79 Å². The number of carbonyl (C=O) groups is 1. The lowest BCUT2D eigenvalue weighted by Gasteiger charge is -2.29. The predicted octanol–water partition coefficient (Wildman–Crippen LogP) is 4.15. The highest BCUT2D eigenvalue weighted by atomic mass is 16.5. The van der Waals surface area contributed by atoms with E-state index in [1.165, 1.54) is 12.1 Å². The van der Waals surface area contributed by atoms with Gasteiger partial charge >= 0.3 is 5.97 Å². The Morgan fingerprint density at radius 3 is 2.47 bits per heavy atom. The molecule has 3 aromatic carbocycles. The number of phenols is 3. The van der Waals surface area contributed by atoms with Gasteiger partial charge in [-0.15, -0.1) is 0 Å². The first-order chi connectivity index (χ1) is 17.3. The van der Waals surface area contributed by atoms with Crippen LogP contribution in [-0.4, -0.2) is 33.0 Å². The van der Waals surface area contributed by atoms with E-state index in [0.29, 0.717) is 11.3 Å². The average Bonchev–Trinajstić information content (AvgIpc) is 2.86. The monoisotopic (exact) mass is 486 g/mol. The highest BCUT2D eigenvalue weighted by molar-refractivity contribution is 5.94. The second-order valence-electron chi connectivity index (χ2n) is 8.60. The van der Waals surface area contributed by atoms with Gasteiger partial charge in [0.15, 0.2) is 17.3 Å². The number of hydrogen-bond acceptors (Lipinski definition) is 9. The molecule has 9 nitrogen and oxygen atoms in total. The Morgan fingerprint density at radius 1 is 0.861 bits per heavy atom. The van der Waals surface area contributed by atoms with Gasteiger partial charge in [0.05, 0.1) is 6.42 Å². The van der Waals surface area contributed by atoms with Gasteiger partial charge in [-0.3, -0.25) is 9.59 Å². The minimum atomic E-state index is -0.908. The fourth-order valence-electron chi connectivity index (χ4n) is 4.69. The summed E-state index contributed by atoms with van der Waals surface area (Å²) in [5.74, 6) is -2.90. The van der Waals surface area contributed by atoms with Gasteiger partial charge in [-0.05, 0) is 35.9 Å². The fraction of sp³-hybridized carbons (Fsp3) is 0.111. The first kappa shape index (κ1) is 21.6. The number of aromatic hydroxyl groups is 4. The van der Waals surface area contributed by atoms with E-state index in [2.05, 4.69) is 0 Å². The molecule has 2 aliphatic rings. The van der Waals surface area contributed by atoms with Crippen LogP contribution in [0.1, 0.15) is 23.5 Å². The van der Waals surface area contributed by atoms with E-state index in [1.807, 2.05) is 30.3 Å². The van der Waals surface area contributed by atoms with Crippen LogP contribution in [0, 0.1) is 0 Å². The van der Waals surface area contributed by atoms with Crippen LogP contribution < -0.4 is 14.9 Å². The van der Waals surface area contributed by atoms with Gasteiger partial charge in [-0.2, -0.15) is 0 Å². The topological polar surface area (TPSA) is 147 Å². The molecule has 0 saturated heterocycles. The van der Waals surface area contributed by atoms with Crippen LogP contribution >= 0.6 is 0 Å². The van der Waals surface area contributed by atoms with Crippen molar-refractivity contribution >= 4 is 23.0 Å². The molecule has 0 spiro atoms. The van der Waals surface area contributed by atoms with Crippen molar-refractivity contribution in [3.8, 4) is 45.8 Å². The third-order valence-electron chi connectivity index (χ3n) is 6.40. The SMILES string of the molecule is O=C1CC(C2=Cc3ccccc3OC2)c2c(cc(O)c3c(=O)c(O)c(-c4ccc(O)c(O)c4)oc23)O1. The van der Waals surface area contributed by atoms with E-state index in [4.69, 9.17) is 13.9 Å². The molecule has 9 heteroatoms. The average molecular weight is 486 g/mol. The van der Waals surface area contributed by atoms with Crippen molar-refractivity contribution in [2.45, 2.75) is 12.3 Å². The lowest BCUT2D eigenvalue weighted by Crippen LogP contribution is -2.25. The van der Waals surface area contributed by atoms with E-state index in [-0.39, 0.29) is 41.1 Å². The zero-order valence-electron chi connectivity index (χ0n) is 18.5. The number of ether oxygens (including phenoxy) is 2. The van der Waals surface area contributed by atoms with E-state index in [0.717, 1.165) is 23.3 Å². The molecule has 4 aromatic rings. The van der Waals surface area contributed by atoms with E-state index in [9.17, 15) is 30.0 Å². The first-order valence-corrected chi connectivity index (χ1v) is 11.0. The van der Waals surface area contributed by atoms with Crippen molar-refractivity contribution < 1.29 is 39.1 Å². The maximum atomic E-state index is 13.2. The van der Waals surface area contributed by atoms with Crippen LogP contribution in [0.2, 0.25) is 0 Å². The summed E-state index contributed by atoms with van der Waals surface area (Å²) >= 11 is 0. The van der Waals surface area contributed by atoms with Gasteiger partial charge in [-0.25, -0.2) is 0 Å². The Kier molecular flexibility index (Phi) is 4.68. The van der Waals surface area contributed by atoms with Crippen molar-refractivity contribution in [3.63, 3.8) is 0 Å². The molecule has 0 bridgehead atoms. The summed E-state index contributed by atoms with van der Waals surface area (Å²) in [5.41, 5.74) is 1.02. The largest absolute Gasteiger partial charge is 0.507 e. The van der Waals surface area contributed by atoms with Crippen LogP contribution in [0.15, 0.2) is 63.3 Å². The molecule has 0 saturated carbocycles. The number of phenolic OH excluding ortho intramolecular Hbond substituents is 3. The molecule has 0 aliphatic carbocycles. The number of carbonyl (C=O) groups excluding carboxylic acids is 1. The number of hydrogen-bond donors (Lipinski definition) is 4. The van der Waals surface area contributed by atoms with Gasteiger partial charge < -0.3 is 34.3 Å². The molecule has 1 unspecified atom stereocenters. The van der Waals surface area contributed by atoms with E-state index in [1.54, 1.807) is 0 Å². The fourth-order valence-corrected chi connectivity index (χ4v) is 4.69. The number of esters is 1. The first-order valence-electron chi connectivity index (χ1n) is 11.0. The lowest BCUT2D eigenvalue weighted by molar-refractivity contribution is -0.135. The maximum absolute atomic E-state index is 13.2. The molecule has 1 atom stereocenters. The summed E-state index contributed by atoms with van der Waals surface area (Å²) in [6.45, 7) is 0.178. The van der Waals surface area contributed by atoms with Crippen molar-refractivity contribution in [2.75, 3.05) is 6.61 Å². The minimum Gasteiger partial charge on any atom is -0.507 e. The van der Waals surface area contributed by atoms with Gasteiger partial charge in [0.2, 0.25) is 11.2 Å². The third kappa shape index (κ3) is 3.24. The summed E-state index contributed by atoms with van der Waals surface area (Å²) in [4.78, 5) is 25.7. The van der Waals surface area contributed by atoms with Gasteiger partial charge in [0.25, 0.3) is 0 Å². The van der Waals surface area contributed by atoms with Crippen molar-refractivity contribution in [2.24, 2.45) is 0 Å². The maximum Gasteiger partial charge on any atom is 0.312 e. The summed E-state index contributed by atoms with van der Waals surface area (Å²) in [7, 11) is 0. The van der Waals surface area contributed by atoms with Crippen molar-refractivity contribution in [1.82, 2.24) is 0 Å². The zero-order valence-corrected chi connectivity index (χ0v) is 18.5. The normalized spacial score (nSPS) is 16.5. The molecule has 6 rings (SSSR count). The minimum absolute atomic E-state index is 0.0225. The molecule has 0 fully saturated rings. The molecule has 2 aliphatic heterocycles. The van der Waals surface area contributed by atoms with E-state index >= 15 is 0 Å². The molecule has 4 N–H and O–H groups in total. The summed E-state index contributed by atoms with van der Waals surface area (Å²) in [6.07, 6.45) is 1.84. The quantitative estimate of drug-likeness (QED) is 0.186. The van der Waals surface area contributed by atoms with Crippen molar-refractivity contribution in [3.05, 3.63) is 75.5 Å². The Balaban J connectivity index is 1.63. The van der Waals surface area contributed by atoms with Gasteiger partial charge in [-0.1, -0.05) is 18.2 Å².